The number of amides is 1. The molecule has 8 nitrogen and oxygen atoms in total. The van der Waals surface area contributed by atoms with Crippen LogP contribution >= 0.6 is 0 Å². The second kappa shape index (κ2) is 11.2. The summed E-state index contributed by atoms with van der Waals surface area (Å²) in [6.07, 6.45) is 1.69. The highest BCUT2D eigenvalue weighted by atomic mass is 32.2. The van der Waals surface area contributed by atoms with E-state index < -0.39 is 10.0 Å². The van der Waals surface area contributed by atoms with Crippen molar-refractivity contribution in [3.05, 3.63) is 65.2 Å². The zero-order chi connectivity index (χ0) is 23.1. The van der Waals surface area contributed by atoms with Crippen molar-refractivity contribution in [3.63, 3.8) is 0 Å². The maximum Gasteiger partial charge on any atom is 0.251 e. The van der Waals surface area contributed by atoms with E-state index in [9.17, 15) is 13.2 Å². The number of nitrogens with one attached hydrogen (secondary N) is 2. The third-order valence-electron chi connectivity index (χ3n) is 5.99. The molecule has 178 valence electrons. The van der Waals surface area contributed by atoms with Crippen LogP contribution in [0.25, 0.3) is 0 Å². The Morgan fingerprint density at radius 3 is 2.58 bits per heavy atom. The summed E-state index contributed by atoms with van der Waals surface area (Å²) in [6, 6.07) is 14.1. The second-order valence-corrected chi connectivity index (χ2v) is 10.1. The average molecular weight is 474 g/mol. The van der Waals surface area contributed by atoms with E-state index in [0.29, 0.717) is 18.7 Å². The molecule has 0 bridgehead atoms. The van der Waals surface area contributed by atoms with Gasteiger partial charge in [-0.3, -0.25) is 9.69 Å². The van der Waals surface area contributed by atoms with Gasteiger partial charge in [0.15, 0.2) is 0 Å². The zero-order valence-corrected chi connectivity index (χ0v) is 19.5. The number of ether oxygens (including phenoxy) is 2. The van der Waals surface area contributed by atoms with E-state index in [0.717, 1.165) is 56.8 Å². The predicted molar refractivity (Wildman–Crippen MR) is 124 cm³/mol. The normalized spacial score (nSPS) is 19.5. The second-order valence-electron chi connectivity index (χ2n) is 8.35. The lowest BCUT2D eigenvalue weighted by Crippen LogP contribution is -2.36. The summed E-state index contributed by atoms with van der Waals surface area (Å²) < 4.78 is 38.8. The minimum Gasteiger partial charge on any atom is -0.379 e. The molecular formula is C24H31N3O5S. The first-order valence-corrected chi connectivity index (χ1v) is 12.9. The van der Waals surface area contributed by atoms with E-state index in [1.807, 2.05) is 18.2 Å². The van der Waals surface area contributed by atoms with Gasteiger partial charge in [-0.15, -0.1) is 0 Å². The highest BCUT2D eigenvalue weighted by Crippen LogP contribution is 2.16. The van der Waals surface area contributed by atoms with E-state index in [1.54, 1.807) is 12.1 Å². The summed E-state index contributed by atoms with van der Waals surface area (Å²) in [5.41, 5.74) is 2.51. The average Bonchev–Trinajstić information content (AvgIpc) is 3.37. The van der Waals surface area contributed by atoms with Gasteiger partial charge in [0.25, 0.3) is 5.91 Å². The number of nitrogens with zero attached hydrogens (tertiary/aromatic N) is 1. The van der Waals surface area contributed by atoms with Gasteiger partial charge < -0.3 is 14.8 Å². The highest BCUT2D eigenvalue weighted by molar-refractivity contribution is 7.89. The van der Waals surface area contributed by atoms with E-state index in [2.05, 4.69) is 21.0 Å². The molecule has 2 fully saturated rings. The van der Waals surface area contributed by atoms with Crippen molar-refractivity contribution in [2.24, 2.45) is 0 Å². The van der Waals surface area contributed by atoms with Gasteiger partial charge in [-0.2, -0.15) is 0 Å². The van der Waals surface area contributed by atoms with Gasteiger partial charge in [-0.05, 0) is 42.2 Å². The molecule has 4 rings (SSSR count). The van der Waals surface area contributed by atoms with Gasteiger partial charge in [-0.25, -0.2) is 13.1 Å². The molecule has 0 spiro atoms. The molecule has 0 radical (unpaired) electrons. The summed E-state index contributed by atoms with van der Waals surface area (Å²) in [6.45, 7) is 5.33. The van der Waals surface area contributed by atoms with Crippen LogP contribution in [0, 0.1) is 0 Å². The topological polar surface area (TPSA) is 97.0 Å². The number of rotatable bonds is 9. The molecular weight excluding hydrogens is 442 g/mol. The highest BCUT2D eigenvalue weighted by Gasteiger charge is 2.21. The van der Waals surface area contributed by atoms with Gasteiger partial charge in [0.05, 0.1) is 24.2 Å². The lowest BCUT2D eigenvalue weighted by Gasteiger charge is -2.27. The zero-order valence-electron chi connectivity index (χ0n) is 18.7. The van der Waals surface area contributed by atoms with Crippen molar-refractivity contribution in [2.75, 3.05) is 39.5 Å². The first-order chi connectivity index (χ1) is 16.0. The standard InChI is InChI=1S/C24H31N3O5S/c28-24(25-16-20-5-1-2-6-21(20)18-27-10-13-31-14-11-27)19-7-3-9-23(15-19)33(29,30)26-17-22-8-4-12-32-22/h1-3,5-7,9,15,22,26H,4,8,10-14,16-18H2,(H,25,28). The van der Waals surface area contributed by atoms with Crippen LogP contribution in [0.1, 0.15) is 34.3 Å². The van der Waals surface area contributed by atoms with E-state index in [1.165, 1.54) is 12.1 Å². The monoisotopic (exact) mass is 473 g/mol. The van der Waals surface area contributed by atoms with Crippen molar-refractivity contribution < 1.29 is 22.7 Å². The summed E-state index contributed by atoms with van der Waals surface area (Å²) in [5.74, 6) is -0.313. The molecule has 2 aromatic rings. The van der Waals surface area contributed by atoms with Crippen molar-refractivity contribution in [3.8, 4) is 0 Å². The van der Waals surface area contributed by atoms with Gasteiger partial charge in [0, 0.05) is 44.9 Å². The summed E-state index contributed by atoms with van der Waals surface area (Å²) in [7, 11) is -3.72. The molecule has 1 atom stereocenters. The van der Waals surface area contributed by atoms with E-state index in [4.69, 9.17) is 9.47 Å². The Hall–Kier alpha value is -2.30. The molecule has 1 unspecified atom stereocenters. The Morgan fingerprint density at radius 2 is 1.82 bits per heavy atom. The summed E-state index contributed by atoms with van der Waals surface area (Å²) in [5, 5.41) is 2.93. The van der Waals surface area contributed by atoms with E-state index >= 15 is 0 Å². The molecule has 2 aliphatic heterocycles. The van der Waals surface area contributed by atoms with Crippen molar-refractivity contribution in [1.29, 1.82) is 0 Å². The third-order valence-corrected chi connectivity index (χ3v) is 7.41. The quantitative estimate of drug-likeness (QED) is 0.578. The van der Waals surface area contributed by atoms with Gasteiger partial charge in [-0.1, -0.05) is 30.3 Å². The number of hydrogen-bond donors (Lipinski definition) is 2. The molecule has 0 aliphatic carbocycles. The Bertz CT molecular complexity index is 1050. The van der Waals surface area contributed by atoms with Gasteiger partial charge in [0.1, 0.15) is 0 Å². The fraction of sp³-hybridized carbons (Fsp3) is 0.458. The lowest BCUT2D eigenvalue weighted by atomic mass is 10.1. The minimum atomic E-state index is -3.72. The van der Waals surface area contributed by atoms with Crippen LogP contribution in [-0.4, -0.2) is 64.8 Å². The first-order valence-electron chi connectivity index (χ1n) is 11.4. The Kier molecular flexibility index (Phi) is 8.11. The predicted octanol–water partition coefficient (Wildman–Crippen LogP) is 1.91. The number of carbonyl (C=O) groups excluding carboxylic acids is 1. The molecule has 33 heavy (non-hydrogen) atoms. The Balaban J connectivity index is 1.37. The number of hydrogen-bond acceptors (Lipinski definition) is 6. The number of sulfonamides is 1. The molecule has 2 aromatic carbocycles. The lowest BCUT2D eigenvalue weighted by molar-refractivity contribution is 0.0340. The molecule has 2 heterocycles. The van der Waals surface area contributed by atoms with Crippen molar-refractivity contribution in [1.82, 2.24) is 14.9 Å². The fourth-order valence-electron chi connectivity index (χ4n) is 4.06. The maximum atomic E-state index is 12.8. The minimum absolute atomic E-state index is 0.0702. The molecule has 0 saturated carbocycles. The number of morpholine rings is 1. The van der Waals surface area contributed by atoms with Crippen LogP contribution in [0.3, 0.4) is 0 Å². The van der Waals surface area contributed by atoms with E-state index in [-0.39, 0.29) is 23.5 Å². The maximum absolute atomic E-state index is 12.8. The number of benzene rings is 2. The summed E-state index contributed by atoms with van der Waals surface area (Å²) >= 11 is 0. The molecule has 0 aromatic heterocycles. The molecule has 1 amide bonds. The third kappa shape index (κ3) is 6.61. The Labute approximate surface area is 195 Å². The number of carbonyl (C=O) groups is 1. The summed E-state index contributed by atoms with van der Waals surface area (Å²) in [4.78, 5) is 15.2. The van der Waals surface area contributed by atoms with Crippen LogP contribution in [0.2, 0.25) is 0 Å². The van der Waals surface area contributed by atoms with Gasteiger partial charge >= 0.3 is 0 Å². The van der Waals surface area contributed by atoms with Crippen LogP contribution in [-0.2, 0) is 32.6 Å². The van der Waals surface area contributed by atoms with Gasteiger partial charge in [0.2, 0.25) is 10.0 Å². The largest absolute Gasteiger partial charge is 0.379 e. The van der Waals surface area contributed by atoms with Crippen LogP contribution < -0.4 is 10.0 Å². The SMILES string of the molecule is O=C(NCc1ccccc1CN1CCOCC1)c1cccc(S(=O)(=O)NCC2CCCO2)c1. The van der Waals surface area contributed by atoms with Crippen molar-refractivity contribution in [2.45, 2.75) is 36.9 Å². The van der Waals surface area contributed by atoms with Crippen LogP contribution in [0.4, 0.5) is 0 Å². The molecule has 2 N–H and O–H groups in total. The Morgan fingerprint density at radius 1 is 1.03 bits per heavy atom. The van der Waals surface area contributed by atoms with Crippen LogP contribution in [0.5, 0.6) is 0 Å². The molecule has 2 aliphatic rings. The smallest absolute Gasteiger partial charge is 0.251 e. The fourth-order valence-corrected chi connectivity index (χ4v) is 5.17. The first kappa shape index (κ1) is 23.8. The molecule has 9 heteroatoms. The van der Waals surface area contributed by atoms with Crippen molar-refractivity contribution >= 4 is 15.9 Å². The molecule has 2 saturated heterocycles. The van der Waals surface area contributed by atoms with Crippen LogP contribution in [0.15, 0.2) is 53.4 Å².